The molecule has 2 heterocycles. The molecule has 1 aromatic heterocycles. The second-order valence-electron chi connectivity index (χ2n) is 3.58. The average molecular weight is 279 g/mol. The lowest BCUT2D eigenvalue weighted by Crippen LogP contribution is -2.40. The number of nitrogens with one attached hydrogen (secondary N) is 2. The number of carbonyl (C=O) groups excluding carboxylic acids is 1. The molecule has 6 nitrogen and oxygen atoms in total. The molecule has 96 valence electrons. The standard InChI is InChI=1S/C9H14N4O2S.ClH/c1-6-12-13-9(16-6)11-8(14)4-7-5-10-2-3-15-7;/h7,10H,2-5H2,1H3,(H,11,13,14);1H. The van der Waals surface area contributed by atoms with E-state index in [-0.39, 0.29) is 24.4 Å². The van der Waals surface area contributed by atoms with Crippen LogP contribution in [0.4, 0.5) is 5.13 Å². The van der Waals surface area contributed by atoms with Crippen LogP contribution in [0.3, 0.4) is 0 Å². The Morgan fingerprint density at radius 1 is 1.65 bits per heavy atom. The lowest BCUT2D eigenvalue weighted by molar-refractivity contribution is -0.119. The molecular weight excluding hydrogens is 264 g/mol. The van der Waals surface area contributed by atoms with Crippen molar-refractivity contribution in [1.29, 1.82) is 0 Å². The van der Waals surface area contributed by atoms with Gasteiger partial charge in [-0.3, -0.25) is 4.79 Å². The first kappa shape index (κ1) is 14.3. The third-order valence-corrected chi connectivity index (χ3v) is 2.94. The minimum Gasteiger partial charge on any atom is -0.375 e. The molecule has 0 spiro atoms. The summed E-state index contributed by atoms with van der Waals surface area (Å²) in [6.45, 7) is 4.09. The topological polar surface area (TPSA) is 76.1 Å². The van der Waals surface area contributed by atoms with Gasteiger partial charge in [0.15, 0.2) is 0 Å². The van der Waals surface area contributed by atoms with Crippen LogP contribution in [0.2, 0.25) is 0 Å². The number of hydrogen-bond donors (Lipinski definition) is 2. The molecule has 0 aliphatic carbocycles. The van der Waals surface area contributed by atoms with E-state index in [2.05, 4.69) is 20.8 Å². The quantitative estimate of drug-likeness (QED) is 0.846. The van der Waals surface area contributed by atoms with E-state index in [0.717, 1.165) is 18.1 Å². The molecule has 0 aromatic carbocycles. The number of anilines is 1. The summed E-state index contributed by atoms with van der Waals surface area (Å²) in [5, 5.41) is 14.9. The molecule has 2 rings (SSSR count). The van der Waals surface area contributed by atoms with Crippen molar-refractivity contribution in [3.8, 4) is 0 Å². The molecule has 1 aliphatic rings. The van der Waals surface area contributed by atoms with Crippen LogP contribution in [0.15, 0.2) is 0 Å². The zero-order valence-electron chi connectivity index (χ0n) is 9.43. The minimum absolute atomic E-state index is 0. The second kappa shape index (κ2) is 6.85. The number of carbonyl (C=O) groups is 1. The SMILES string of the molecule is Cc1nnc(NC(=O)CC2CNCCO2)s1.Cl. The summed E-state index contributed by atoms with van der Waals surface area (Å²) in [6.07, 6.45) is 0.314. The summed E-state index contributed by atoms with van der Waals surface area (Å²) in [5.74, 6) is -0.0788. The van der Waals surface area contributed by atoms with E-state index < -0.39 is 0 Å². The molecule has 1 aromatic rings. The van der Waals surface area contributed by atoms with Crippen LogP contribution in [0, 0.1) is 6.92 Å². The van der Waals surface area contributed by atoms with Gasteiger partial charge in [0, 0.05) is 13.1 Å². The van der Waals surface area contributed by atoms with E-state index in [1.807, 2.05) is 6.92 Å². The van der Waals surface area contributed by atoms with Crippen molar-refractivity contribution in [3.05, 3.63) is 5.01 Å². The van der Waals surface area contributed by atoms with Crippen LogP contribution in [0.25, 0.3) is 0 Å². The first-order chi connectivity index (χ1) is 7.74. The number of morpholine rings is 1. The summed E-state index contributed by atoms with van der Waals surface area (Å²) in [5.41, 5.74) is 0. The lowest BCUT2D eigenvalue weighted by Gasteiger charge is -2.22. The Balaban J connectivity index is 0.00000144. The Morgan fingerprint density at radius 3 is 3.06 bits per heavy atom. The van der Waals surface area contributed by atoms with Crippen molar-refractivity contribution in [2.75, 3.05) is 25.0 Å². The van der Waals surface area contributed by atoms with Gasteiger partial charge in [0.05, 0.1) is 19.1 Å². The number of aryl methyl sites for hydroxylation is 1. The maximum Gasteiger partial charge on any atom is 0.228 e. The second-order valence-corrected chi connectivity index (χ2v) is 4.76. The smallest absolute Gasteiger partial charge is 0.228 e. The van der Waals surface area contributed by atoms with E-state index in [1.54, 1.807) is 0 Å². The Morgan fingerprint density at radius 2 is 2.47 bits per heavy atom. The number of nitrogens with zero attached hydrogens (tertiary/aromatic N) is 2. The maximum absolute atomic E-state index is 11.6. The van der Waals surface area contributed by atoms with Gasteiger partial charge in [0.1, 0.15) is 5.01 Å². The van der Waals surface area contributed by atoms with Crippen LogP contribution < -0.4 is 10.6 Å². The molecule has 1 atom stereocenters. The number of rotatable bonds is 3. The van der Waals surface area contributed by atoms with E-state index in [0.29, 0.717) is 18.2 Å². The van der Waals surface area contributed by atoms with Gasteiger partial charge in [0.25, 0.3) is 0 Å². The van der Waals surface area contributed by atoms with Crippen LogP contribution in [0.1, 0.15) is 11.4 Å². The molecule has 8 heteroatoms. The summed E-state index contributed by atoms with van der Waals surface area (Å²) < 4.78 is 5.44. The zero-order valence-corrected chi connectivity index (χ0v) is 11.1. The van der Waals surface area contributed by atoms with Crippen molar-refractivity contribution in [1.82, 2.24) is 15.5 Å². The largest absolute Gasteiger partial charge is 0.375 e. The fraction of sp³-hybridized carbons (Fsp3) is 0.667. The Bertz CT molecular complexity index is 368. The van der Waals surface area contributed by atoms with Crippen molar-refractivity contribution in [2.24, 2.45) is 0 Å². The summed E-state index contributed by atoms with van der Waals surface area (Å²) in [4.78, 5) is 11.6. The highest BCUT2D eigenvalue weighted by atomic mass is 35.5. The molecule has 0 bridgehead atoms. The van der Waals surface area contributed by atoms with Gasteiger partial charge in [-0.2, -0.15) is 0 Å². The van der Waals surface area contributed by atoms with Crippen molar-refractivity contribution in [2.45, 2.75) is 19.4 Å². The molecule has 0 radical (unpaired) electrons. The van der Waals surface area contributed by atoms with Gasteiger partial charge in [-0.15, -0.1) is 22.6 Å². The van der Waals surface area contributed by atoms with Gasteiger partial charge in [-0.1, -0.05) is 11.3 Å². The normalized spacial score (nSPS) is 19.5. The predicted octanol–water partition coefficient (Wildman–Crippen LogP) is 0.585. The highest BCUT2D eigenvalue weighted by Crippen LogP contribution is 2.14. The average Bonchev–Trinajstić information content (AvgIpc) is 2.65. The fourth-order valence-corrected chi connectivity index (χ4v) is 2.08. The maximum atomic E-state index is 11.6. The van der Waals surface area contributed by atoms with Crippen LogP contribution in [-0.4, -0.2) is 41.9 Å². The Hall–Kier alpha value is -0.760. The van der Waals surface area contributed by atoms with Crippen LogP contribution >= 0.6 is 23.7 Å². The molecule has 17 heavy (non-hydrogen) atoms. The van der Waals surface area contributed by atoms with Crippen molar-refractivity contribution >= 4 is 34.8 Å². The van der Waals surface area contributed by atoms with Crippen molar-refractivity contribution in [3.63, 3.8) is 0 Å². The van der Waals surface area contributed by atoms with Gasteiger partial charge >= 0.3 is 0 Å². The molecule has 2 N–H and O–H groups in total. The van der Waals surface area contributed by atoms with Crippen LogP contribution in [-0.2, 0) is 9.53 Å². The van der Waals surface area contributed by atoms with E-state index in [1.165, 1.54) is 11.3 Å². The fourth-order valence-electron chi connectivity index (χ4n) is 1.47. The third kappa shape index (κ3) is 4.55. The molecule has 1 amide bonds. The number of hydrogen-bond acceptors (Lipinski definition) is 6. The first-order valence-corrected chi connectivity index (χ1v) is 5.98. The molecule has 0 saturated carbocycles. The summed E-state index contributed by atoms with van der Waals surface area (Å²) in [6, 6.07) is 0. The van der Waals surface area contributed by atoms with Gasteiger partial charge in [-0.25, -0.2) is 0 Å². The predicted molar refractivity (Wildman–Crippen MR) is 67.8 cm³/mol. The van der Waals surface area contributed by atoms with E-state index in [9.17, 15) is 4.79 Å². The van der Waals surface area contributed by atoms with Gasteiger partial charge in [0.2, 0.25) is 11.0 Å². The number of halogens is 1. The molecule has 1 fully saturated rings. The number of aromatic nitrogens is 2. The highest BCUT2D eigenvalue weighted by Gasteiger charge is 2.17. The Labute approximate surface area is 110 Å². The lowest BCUT2D eigenvalue weighted by atomic mass is 10.2. The number of ether oxygens (including phenoxy) is 1. The number of amides is 1. The Kier molecular flexibility index (Phi) is 5.76. The molecular formula is C9H15ClN4O2S. The first-order valence-electron chi connectivity index (χ1n) is 5.16. The van der Waals surface area contributed by atoms with Crippen molar-refractivity contribution < 1.29 is 9.53 Å². The third-order valence-electron chi connectivity index (χ3n) is 2.19. The van der Waals surface area contributed by atoms with Gasteiger partial charge in [-0.05, 0) is 6.92 Å². The molecule has 1 saturated heterocycles. The zero-order chi connectivity index (χ0) is 11.4. The molecule has 1 unspecified atom stereocenters. The molecule has 1 aliphatic heterocycles. The minimum atomic E-state index is -0.0788. The highest BCUT2D eigenvalue weighted by molar-refractivity contribution is 7.15. The monoisotopic (exact) mass is 278 g/mol. The van der Waals surface area contributed by atoms with Crippen LogP contribution in [0.5, 0.6) is 0 Å². The van der Waals surface area contributed by atoms with Gasteiger partial charge < -0.3 is 15.4 Å². The summed E-state index contributed by atoms with van der Waals surface area (Å²) in [7, 11) is 0. The van der Waals surface area contributed by atoms with E-state index >= 15 is 0 Å². The van der Waals surface area contributed by atoms with E-state index in [4.69, 9.17) is 4.74 Å². The summed E-state index contributed by atoms with van der Waals surface area (Å²) >= 11 is 1.37.